The summed E-state index contributed by atoms with van der Waals surface area (Å²) in [5.74, 6) is -0.197. The lowest BCUT2D eigenvalue weighted by Crippen LogP contribution is -2.19. The summed E-state index contributed by atoms with van der Waals surface area (Å²) in [6, 6.07) is 11.0. The zero-order valence-electron chi connectivity index (χ0n) is 13.6. The largest absolute Gasteiger partial charge is 0.359 e. The van der Waals surface area contributed by atoms with E-state index in [0.717, 1.165) is 22.6 Å². The van der Waals surface area contributed by atoms with Gasteiger partial charge in [-0.2, -0.15) is 0 Å². The molecule has 0 saturated carbocycles. The molecule has 2 aromatic rings. The molecule has 120 valence electrons. The molecule has 1 aromatic carbocycles. The van der Waals surface area contributed by atoms with Crippen molar-refractivity contribution in [1.82, 2.24) is 10.3 Å². The molecular weight excluding hydrogens is 290 g/mol. The molecule has 0 bridgehead atoms. The Balaban J connectivity index is 2.16. The van der Waals surface area contributed by atoms with Crippen molar-refractivity contribution in [2.75, 3.05) is 12.4 Å². The molecule has 0 aliphatic rings. The number of amides is 2. The third kappa shape index (κ3) is 4.64. The number of pyridine rings is 1. The first-order valence-corrected chi connectivity index (χ1v) is 7.54. The summed E-state index contributed by atoms with van der Waals surface area (Å²) in [6.45, 7) is 3.72. The third-order valence-electron chi connectivity index (χ3n) is 3.51. The second-order valence-electron chi connectivity index (χ2n) is 5.42. The number of nitrogens with one attached hydrogen (secondary N) is 2. The maximum absolute atomic E-state index is 12.4. The van der Waals surface area contributed by atoms with Gasteiger partial charge in [0.05, 0.1) is 0 Å². The molecule has 0 saturated heterocycles. The Morgan fingerprint density at radius 1 is 1.09 bits per heavy atom. The number of hydrogen-bond donors (Lipinski definition) is 2. The van der Waals surface area contributed by atoms with Crippen molar-refractivity contribution in [3.05, 3.63) is 58.9 Å². The predicted molar refractivity (Wildman–Crippen MR) is 90.5 cm³/mol. The lowest BCUT2D eigenvalue weighted by atomic mass is 10.1. The number of carbonyl (C=O) groups excluding carboxylic acids is 2. The number of hydrogen-bond acceptors (Lipinski definition) is 3. The molecule has 0 fully saturated rings. The SMILES string of the molecule is CNC(=O)CCc1ccccc1NC(=O)c1cc(C)nc(C)c1. The van der Waals surface area contributed by atoms with Crippen LogP contribution < -0.4 is 10.6 Å². The van der Waals surface area contributed by atoms with Gasteiger partial charge < -0.3 is 10.6 Å². The highest BCUT2D eigenvalue weighted by molar-refractivity contribution is 6.04. The summed E-state index contributed by atoms with van der Waals surface area (Å²) in [5.41, 5.74) is 3.86. The van der Waals surface area contributed by atoms with Crippen molar-refractivity contribution in [2.24, 2.45) is 0 Å². The second kappa shape index (κ2) is 7.54. The predicted octanol–water partition coefficient (Wildman–Crippen LogP) is 2.63. The minimum Gasteiger partial charge on any atom is -0.359 e. The molecule has 0 aliphatic heterocycles. The van der Waals surface area contributed by atoms with E-state index in [1.165, 1.54) is 0 Å². The normalized spacial score (nSPS) is 10.2. The van der Waals surface area contributed by atoms with E-state index in [-0.39, 0.29) is 11.8 Å². The van der Waals surface area contributed by atoms with E-state index in [4.69, 9.17) is 0 Å². The highest BCUT2D eigenvalue weighted by Gasteiger charge is 2.11. The van der Waals surface area contributed by atoms with Crippen molar-refractivity contribution in [2.45, 2.75) is 26.7 Å². The summed E-state index contributed by atoms with van der Waals surface area (Å²) < 4.78 is 0. The Hall–Kier alpha value is -2.69. The molecule has 23 heavy (non-hydrogen) atoms. The Labute approximate surface area is 136 Å². The molecular formula is C18H21N3O2. The van der Waals surface area contributed by atoms with Crippen LogP contribution in [0.3, 0.4) is 0 Å². The van der Waals surface area contributed by atoms with E-state index in [2.05, 4.69) is 15.6 Å². The van der Waals surface area contributed by atoms with Gasteiger partial charge in [0.25, 0.3) is 5.91 Å². The van der Waals surface area contributed by atoms with Crippen LogP contribution in [0, 0.1) is 13.8 Å². The summed E-state index contributed by atoms with van der Waals surface area (Å²) in [4.78, 5) is 28.1. The van der Waals surface area contributed by atoms with Crippen LogP contribution in [0.1, 0.15) is 33.7 Å². The monoisotopic (exact) mass is 311 g/mol. The number of aryl methyl sites for hydroxylation is 3. The molecule has 2 amide bonds. The molecule has 2 rings (SSSR count). The average molecular weight is 311 g/mol. The molecule has 0 aliphatic carbocycles. The zero-order chi connectivity index (χ0) is 16.8. The van der Waals surface area contributed by atoms with Crippen LogP contribution in [0.25, 0.3) is 0 Å². The highest BCUT2D eigenvalue weighted by Crippen LogP contribution is 2.18. The van der Waals surface area contributed by atoms with Gasteiger partial charge in [-0.15, -0.1) is 0 Å². The van der Waals surface area contributed by atoms with Crippen molar-refractivity contribution < 1.29 is 9.59 Å². The van der Waals surface area contributed by atoms with Crippen LogP contribution >= 0.6 is 0 Å². The number of rotatable bonds is 5. The lowest BCUT2D eigenvalue weighted by Gasteiger charge is -2.11. The average Bonchev–Trinajstić information content (AvgIpc) is 2.52. The van der Waals surface area contributed by atoms with Crippen molar-refractivity contribution in [3.8, 4) is 0 Å². The first-order valence-electron chi connectivity index (χ1n) is 7.54. The smallest absolute Gasteiger partial charge is 0.255 e. The van der Waals surface area contributed by atoms with E-state index < -0.39 is 0 Å². The molecule has 0 radical (unpaired) electrons. The van der Waals surface area contributed by atoms with Gasteiger partial charge in [0.1, 0.15) is 0 Å². The summed E-state index contributed by atoms with van der Waals surface area (Å²) in [6.07, 6.45) is 0.960. The minimum absolute atomic E-state index is 0.0217. The number of aromatic nitrogens is 1. The standard InChI is InChI=1S/C18H21N3O2/c1-12-10-15(11-13(2)20-12)18(23)21-16-7-5-4-6-14(16)8-9-17(22)19-3/h4-7,10-11H,8-9H2,1-3H3,(H,19,22)(H,21,23). The lowest BCUT2D eigenvalue weighted by molar-refractivity contribution is -0.120. The summed E-state index contributed by atoms with van der Waals surface area (Å²) in [7, 11) is 1.62. The van der Waals surface area contributed by atoms with Gasteiger partial charge in [-0.25, -0.2) is 0 Å². The Morgan fingerprint density at radius 2 is 1.74 bits per heavy atom. The number of para-hydroxylation sites is 1. The topological polar surface area (TPSA) is 71.1 Å². The molecule has 2 N–H and O–H groups in total. The zero-order valence-corrected chi connectivity index (χ0v) is 13.6. The van der Waals surface area contributed by atoms with Crippen LogP contribution in [0.4, 0.5) is 5.69 Å². The van der Waals surface area contributed by atoms with Crippen LogP contribution in [-0.2, 0) is 11.2 Å². The second-order valence-corrected chi connectivity index (χ2v) is 5.42. The molecule has 5 nitrogen and oxygen atoms in total. The van der Waals surface area contributed by atoms with Crippen molar-refractivity contribution in [3.63, 3.8) is 0 Å². The van der Waals surface area contributed by atoms with Gasteiger partial charge in [-0.3, -0.25) is 14.6 Å². The van der Waals surface area contributed by atoms with Crippen LogP contribution in [0.2, 0.25) is 0 Å². The van der Waals surface area contributed by atoms with E-state index in [1.807, 2.05) is 38.1 Å². The van der Waals surface area contributed by atoms with Gasteiger partial charge >= 0.3 is 0 Å². The van der Waals surface area contributed by atoms with Gasteiger partial charge in [0, 0.05) is 36.1 Å². The van der Waals surface area contributed by atoms with Crippen molar-refractivity contribution in [1.29, 1.82) is 0 Å². The summed E-state index contributed by atoms with van der Waals surface area (Å²) >= 11 is 0. The van der Waals surface area contributed by atoms with Gasteiger partial charge in [0.2, 0.25) is 5.91 Å². The van der Waals surface area contributed by atoms with E-state index >= 15 is 0 Å². The molecule has 0 atom stereocenters. The molecule has 1 aromatic heterocycles. The van der Waals surface area contributed by atoms with Crippen LogP contribution in [-0.4, -0.2) is 23.8 Å². The molecule has 1 heterocycles. The fourth-order valence-electron chi connectivity index (χ4n) is 2.39. The minimum atomic E-state index is -0.175. The third-order valence-corrected chi connectivity index (χ3v) is 3.51. The maximum Gasteiger partial charge on any atom is 0.255 e. The highest BCUT2D eigenvalue weighted by atomic mass is 16.2. The van der Waals surface area contributed by atoms with Crippen molar-refractivity contribution >= 4 is 17.5 Å². The van der Waals surface area contributed by atoms with Gasteiger partial charge in [-0.05, 0) is 44.0 Å². The Morgan fingerprint density at radius 3 is 2.39 bits per heavy atom. The van der Waals surface area contributed by atoms with Crippen LogP contribution in [0.15, 0.2) is 36.4 Å². The van der Waals surface area contributed by atoms with E-state index in [1.54, 1.807) is 19.2 Å². The molecule has 5 heteroatoms. The van der Waals surface area contributed by atoms with Crippen LogP contribution in [0.5, 0.6) is 0 Å². The van der Waals surface area contributed by atoms with E-state index in [9.17, 15) is 9.59 Å². The number of benzene rings is 1. The fourth-order valence-corrected chi connectivity index (χ4v) is 2.39. The summed E-state index contributed by atoms with van der Waals surface area (Å²) in [5, 5.41) is 5.53. The molecule has 0 unspecified atom stereocenters. The number of carbonyl (C=O) groups is 2. The fraction of sp³-hybridized carbons (Fsp3) is 0.278. The Bertz CT molecular complexity index is 706. The van der Waals surface area contributed by atoms with Gasteiger partial charge in [0.15, 0.2) is 0 Å². The number of nitrogens with zero attached hydrogens (tertiary/aromatic N) is 1. The first-order chi connectivity index (χ1) is 11.0. The van der Waals surface area contributed by atoms with Gasteiger partial charge in [-0.1, -0.05) is 18.2 Å². The maximum atomic E-state index is 12.4. The quantitative estimate of drug-likeness (QED) is 0.891. The number of anilines is 1. The Kier molecular flexibility index (Phi) is 5.46. The molecule has 0 spiro atoms. The van der Waals surface area contributed by atoms with E-state index in [0.29, 0.717) is 18.4 Å². The first kappa shape index (κ1) is 16.7.